The number of ketones is 1. The number of ether oxygens (including phenoxy) is 7. The van der Waals surface area contributed by atoms with Crippen LogP contribution >= 0.6 is 0 Å². The zero-order valence-corrected chi connectivity index (χ0v) is 20.1. The van der Waals surface area contributed by atoms with Crippen LogP contribution in [0.1, 0.15) is 40.0 Å². The van der Waals surface area contributed by atoms with Crippen molar-refractivity contribution in [2.24, 2.45) is 0 Å². The van der Waals surface area contributed by atoms with Gasteiger partial charge in [-0.05, 0) is 27.2 Å². The predicted octanol–water partition coefficient (Wildman–Crippen LogP) is 1.25. The van der Waals surface area contributed by atoms with E-state index in [1.165, 1.54) is 0 Å². The molecule has 1 N–H and O–H groups in total. The Hall–Kier alpha value is -1.63. The fourth-order valence-electron chi connectivity index (χ4n) is 2.26. The molecule has 0 aromatic heterocycles. The van der Waals surface area contributed by atoms with E-state index in [1.54, 1.807) is 20.8 Å². The van der Waals surface area contributed by atoms with Crippen LogP contribution in [0.4, 0.5) is 0 Å². The summed E-state index contributed by atoms with van der Waals surface area (Å²) >= 11 is 0. The highest BCUT2D eigenvalue weighted by molar-refractivity contribution is 5.95. The van der Waals surface area contributed by atoms with Crippen LogP contribution in [0, 0.1) is 0 Å². The molecule has 0 amide bonds. The number of rotatable bonds is 23. The van der Waals surface area contributed by atoms with Gasteiger partial charge in [0.2, 0.25) is 0 Å². The molecule has 11 heteroatoms. The van der Waals surface area contributed by atoms with Gasteiger partial charge in [-0.1, -0.05) is 0 Å². The summed E-state index contributed by atoms with van der Waals surface area (Å²) < 4.78 is 36.6. The third-order valence-electron chi connectivity index (χ3n) is 3.59. The Balaban J connectivity index is 3.23. The standard InChI is InChI=1S/C22H40O11/c1-22(2,3)33-21(26)17-19(23)5-4-6-27-7-8-28-9-10-29-11-12-30-13-14-31-15-16-32-18-20(24)25/h4-18H2,1-3H3,(H,24,25). The van der Waals surface area contributed by atoms with Crippen molar-refractivity contribution in [1.29, 1.82) is 0 Å². The molecular formula is C22H40O11. The average molecular weight is 481 g/mol. The summed E-state index contributed by atoms with van der Waals surface area (Å²) in [7, 11) is 0. The van der Waals surface area contributed by atoms with Crippen LogP contribution in [0.3, 0.4) is 0 Å². The van der Waals surface area contributed by atoms with Gasteiger partial charge in [0.25, 0.3) is 0 Å². The molecule has 0 heterocycles. The molecule has 0 aliphatic rings. The second-order valence-electron chi connectivity index (χ2n) is 7.91. The highest BCUT2D eigenvalue weighted by Gasteiger charge is 2.18. The molecule has 0 bridgehead atoms. The summed E-state index contributed by atoms with van der Waals surface area (Å²) in [5, 5.41) is 8.38. The van der Waals surface area contributed by atoms with Crippen LogP contribution in [0.5, 0.6) is 0 Å². The van der Waals surface area contributed by atoms with E-state index in [9.17, 15) is 14.4 Å². The lowest BCUT2D eigenvalue weighted by Gasteiger charge is -2.19. The number of carbonyl (C=O) groups is 3. The van der Waals surface area contributed by atoms with Crippen molar-refractivity contribution in [2.75, 3.05) is 79.3 Å². The molecule has 0 saturated carbocycles. The molecule has 0 saturated heterocycles. The van der Waals surface area contributed by atoms with Gasteiger partial charge in [0.15, 0.2) is 0 Å². The van der Waals surface area contributed by atoms with E-state index in [0.29, 0.717) is 72.5 Å². The topological polar surface area (TPSA) is 136 Å². The van der Waals surface area contributed by atoms with Crippen molar-refractivity contribution in [1.82, 2.24) is 0 Å². The molecule has 0 aromatic rings. The first-order valence-electron chi connectivity index (χ1n) is 11.1. The highest BCUT2D eigenvalue weighted by atomic mass is 16.6. The minimum atomic E-state index is -1.00. The third kappa shape index (κ3) is 26.5. The van der Waals surface area contributed by atoms with Crippen LogP contribution in [0.2, 0.25) is 0 Å². The Bertz CT molecular complexity index is 517. The minimum Gasteiger partial charge on any atom is -0.480 e. The quantitative estimate of drug-likeness (QED) is 0.129. The largest absolute Gasteiger partial charge is 0.480 e. The average Bonchev–Trinajstić information content (AvgIpc) is 2.70. The molecule has 0 aromatic carbocycles. The number of carbonyl (C=O) groups excluding carboxylic acids is 2. The van der Waals surface area contributed by atoms with Crippen LogP contribution < -0.4 is 0 Å². The number of carboxylic acids is 1. The van der Waals surface area contributed by atoms with Gasteiger partial charge in [-0.3, -0.25) is 9.59 Å². The summed E-state index contributed by atoms with van der Waals surface area (Å²) in [6, 6.07) is 0. The molecule has 0 fully saturated rings. The zero-order chi connectivity index (χ0) is 24.8. The monoisotopic (exact) mass is 480 g/mol. The van der Waals surface area contributed by atoms with Gasteiger partial charge in [0.05, 0.1) is 66.1 Å². The number of esters is 1. The third-order valence-corrected chi connectivity index (χ3v) is 3.59. The van der Waals surface area contributed by atoms with Gasteiger partial charge in [0, 0.05) is 13.0 Å². The fraction of sp³-hybridized carbons (Fsp3) is 0.864. The van der Waals surface area contributed by atoms with E-state index in [0.717, 1.165) is 0 Å². The molecule has 0 spiro atoms. The lowest BCUT2D eigenvalue weighted by Crippen LogP contribution is -2.25. The Morgan fingerprint density at radius 3 is 1.42 bits per heavy atom. The molecule has 33 heavy (non-hydrogen) atoms. The molecule has 0 aliphatic carbocycles. The van der Waals surface area contributed by atoms with Gasteiger partial charge >= 0.3 is 11.9 Å². The molecule has 0 atom stereocenters. The van der Waals surface area contributed by atoms with Gasteiger partial charge in [-0.15, -0.1) is 0 Å². The lowest BCUT2D eigenvalue weighted by atomic mass is 10.1. The summed E-state index contributed by atoms with van der Waals surface area (Å²) in [5.41, 5.74) is -0.585. The van der Waals surface area contributed by atoms with Crippen molar-refractivity contribution in [3.63, 3.8) is 0 Å². The van der Waals surface area contributed by atoms with Crippen LogP contribution in [-0.2, 0) is 47.5 Å². The van der Waals surface area contributed by atoms with E-state index in [1.807, 2.05) is 0 Å². The normalized spacial score (nSPS) is 11.5. The van der Waals surface area contributed by atoms with E-state index in [4.69, 9.17) is 38.3 Å². The molecule has 0 rings (SSSR count). The number of aliphatic carboxylic acids is 1. The van der Waals surface area contributed by atoms with Crippen molar-refractivity contribution in [3.8, 4) is 0 Å². The molecular weight excluding hydrogens is 440 g/mol. The molecule has 0 unspecified atom stereocenters. The van der Waals surface area contributed by atoms with Gasteiger partial charge in [0.1, 0.15) is 24.4 Å². The van der Waals surface area contributed by atoms with E-state index < -0.39 is 17.5 Å². The first-order chi connectivity index (χ1) is 15.7. The number of Topliss-reactive ketones (excluding diaryl/α,β-unsaturated/α-hetero) is 1. The van der Waals surface area contributed by atoms with Gasteiger partial charge in [-0.2, -0.15) is 0 Å². The maximum atomic E-state index is 11.7. The Morgan fingerprint density at radius 1 is 0.636 bits per heavy atom. The van der Waals surface area contributed by atoms with Crippen molar-refractivity contribution in [2.45, 2.75) is 45.6 Å². The van der Waals surface area contributed by atoms with Crippen LogP contribution in [0.15, 0.2) is 0 Å². The fourth-order valence-corrected chi connectivity index (χ4v) is 2.26. The summed E-state index contributed by atoms with van der Waals surface area (Å²) in [6.45, 7) is 9.38. The maximum absolute atomic E-state index is 11.7. The van der Waals surface area contributed by atoms with Crippen LogP contribution in [-0.4, -0.2) is 108 Å². The van der Waals surface area contributed by atoms with Gasteiger partial charge in [-0.25, -0.2) is 4.79 Å². The number of carboxylic acid groups (broad SMARTS) is 1. The SMILES string of the molecule is CC(C)(C)OC(=O)CC(=O)CCCOCCOCCOCCOCCOCCOCC(=O)O. The van der Waals surface area contributed by atoms with Gasteiger partial charge < -0.3 is 38.3 Å². The van der Waals surface area contributed by atoms with Crippen molar-refractivity contribution in [3.05, 3.63) is 0 Å². The molecule has 0 aliphatic heterocycles. The predicted molar refractivity (Wildman–Crippen MR) is 117 cm³/mol. The Labute approximate surface area is 195 Å². The first-order valence-corrected chi connectivity index (χ1v) is 11.1. The highest BCUT2D eigenvalue weighted by Crippen LogP contribution is 2.09. The van der Waals surface area contributed by atoms with E-state index in [2.05, 4.69) is 0 Å². The number of hydrogen-bond acceptors (Lipinski definition) is 10. The zero-order valence-electron chi connectivity index (χ0n) is 20.1. The second-order valence-corrected chi connectivity index (χ2v) is 7.91. The molecule has 0 radical (unpaired) electrons. The summed E-state index contributed by atoms with van der Waals surface area (Å²) in [4.78, 5) is 33.5. The molecule has 11 nitrogen and oxygen atoms in total. The second kappa shape index (κ2) is 20.9. The Morgan fingerprint density at radius 2 is 1.03 bits per heavy atom. The lowest BCUT2D eigenvalue weighted by molar-refractivity contribution is -0.156. The summed E-state index contributed by atoms with van der Waals surface area (Å²) in [5.74, 6) is -1.65. The minimum absolute atomic E-state index is 0.152. The van der Waals surface area contributed by atoms with Crippen LogP contribution in [0.25, 0.3) is 0 Å². The molecule has 194 valence electrons. The van der Waals surface area contributed by atoms with Crippen molar-refractivity contribution >= 4 is 17.7 Å². The van der Waals surface area contributed by atoms with Crippen molar-refractivity contribution < 1.29 is 52.6 Å². The van der Waals surface area contributed by atoms with E-state index in [-0.39, 0.29) is 31.8 Å². The first kappa shape index (κ1) is 31.4. The smallest absolute Gasteiger partial charge is 0.329 e. The summed E-state index contributed by atoms with van der Waals surface area (Å²) in [6.07, 6.45) is 0.627. The van der Waals surface area contributed by atoms with E-state index >= 15 is 0 Å². The maximum Gasteiger partial charge on any atom is 0.329 e. The number of hydrogen-bond donors (Lipinski definition) is 1. The Kier molecular flexibility index (Phi) is 19.9.